The van der Waals surface area contributed by atoms with Crippen molar-refractivity contribution in [1.29, 1.82) is 0 Å². The molecule has 0 spiro atoms. The molecule has 0 bridgehead atoms. The Morgan fingerprint density at radius 1 is 1.48 bits per heavy atom. The lowest BCUT2D eigenvalue weighted by Crippen LogP contribution is -2.51. The van der Waals surface area contributed by atoms with Crippen molar-refractivity contribution in [3.05, 3.63) is 17.0 Å². The van der Waals surface area contributed by atoms with Crippen molar-refractivity contribution in [3.63, 3.8) is 0 Å². The van der Waals surface area contributed by atoms with Gasteiger partial charge in [0, 0.05) is 30.6 Å². The smallest absolute Gasteiger partial charge is 0.223 e. The number of nitrogens with zero attached hydrogens (tertiary/aromatic N) is 2. The molecule has 2 rings (SSSR count). The number of piperidine rings is 1. The first-order chi connectivity index (χ1) is 9.50. The van der Waals surface area contributed by atoms with Gasteiger partial charge in [-0.1, -0.05) is 5.16 Å². The van der Waals surface area contributed by atoms with Gasteiger partial charge in [0.2, 0.25) is 5.91 Å². The lowest BCUT2D eigenvalue weighted by atomic mass is 9.96. The van der Waals surface area contributed by atoms with Gasteiger partial charge in [-0.25, -0.2) is 0 Å². The van der Waals surface area contributed by atoms with E-state index in [1.165, 1.54) is 6.42 Å². The molecule has 1 aliphatic rings. The van der Waals surface area contributed by atoms with Gasteiger partial charge in [-0.3, -0.25) is 4.79 Å². The Labute approximate surface area is 132 Å². The van der Waals surface area contributed by atoms with Crippen LogP contribution in [0.3, 0.4) is 0 Å². The fourth-order valence-corrected chi connectivity index (χ4v) is 3.05. The molecule has 2 heterocycles. The van der Waals surface area contributed by atoms with Crippen LogP contribution in [0.25, 0.3) is 0 Å². The Hall–Kier alpha value is -1.07. The Kier molecular flexibility index (Phi) is 6.68. The molecule has 0 saturated carbocycles. The van der Waals surface area contributed by atoms with Gasteiger partial charge in [0.1, 0.15) is 5.76 Å². The summed E-state index contributed by atoms with van der Waals surface area (Å²) in [4.78, 5) is 14.4. The van der Waals surface area contributed by atoms with Gasteiger partial charge in [0.25, 0.3) is 0 Å². The standard InChI is InChI=1S/C15H25N3O2.ClH/c1-10(16)14-6-4-5-9-18(14)15(19)8-7-13-11(2)17-20-12(13)3;/h10,14H,4-9,16H2,1-3H3;1H. The normalized spacial score (nSPS) is 20.0. The molecule has 2 unspecified atom stereocenters. The second-order valence-electron chi connectivity index (χ2n) is 5.81. The third kappa shape index (κ3) is 4.20. The number of rotatable bonds is 4. The first-order valence-corrected chi connectivity index (χ1v) is 7.47. The Morgan fingerprint density at radius 2 is 2.19 bits per heavy atom. The number of likely N-dealkylation sites (tertiary alicyclic amines) is 1. The van der Waals surface area contributed by atoms with Gasteiger partial charge in [0.05, 0.1) is 5.69 Å². The molecule has 1 aromatic rings. The molecule has 5 nitrogen and oxygen atoms in total. The van der Waals surface area contributed by atoms with Crippen LogP contribution in [0, 0.1) is 13.8 Å². The maximum atomic E-state index is 12.5. The Morgan fingerprint density at radius 3 is 2.76 bits per heavy atom. The summed E-state index contributed by atoms with van der Waals surface area (Å²) in [5.74, 6) is 1.02. The maximum absolute atomic E-state index is 12.5. The molecular weight excluding hydrogens is 290 g/mol. The molecule has 120 valence electrons. The first-order valence-electron chi connectivity index (χ1n) is 7.47. The first kappa shape index (κ1) is 18.0. The van der Waals surface area contributed by atoms with Crippen LogP contribution in [0.15, 0.2) is 4.52 Å². The van der Waals surface area contributed by atoms with Gasteiger partial charge >= 0.3 is 0 Å². The van der Waals surface area contributed by atoms with E-state index in [1.54, 1.807) is 0 Å². The SMILES string of the molecule is Cc1noc(C)c1CCC(=O)N1CCCCC1C(C)N.Cl. The van der Waals surface area contributed by atoms with E-state index in [0.717, 1.165) is 36.4 Å². The van der Waals surface area contributed by atoms with Crippen molar-refractivity contribution >= 4 is 18.3 Å². The number of hydrogen-bond donors (Lipinski definition) is 1. The van der Waals surface area contributed by atoms with Crippen molar-refractivity contribution in [2.24, 2.45) is 5.73 Å². The minimum atomic E-state index is 0. The maximum Gasteiger partial charge on any atom is 0.223 e. The molecule has 1 aromatic heterocycles. The lowest BCUT2D eigenvalue weighted by Gasteiger charge is -2.38. The number of aryl methyl sites for hydroxylation is 2. The molecule has 2 atom stereocenters. The van der Waals surface area contributed by atoms with Crippen molar-refractivity contribution in [2.75, 3.05) is 6.54 Å². The van der Waals surface area contributed by atoms with Crippen LogP contribution < -0.4 is 5.73 Å². The largest absolute Gasteiger partial charge is 0.361 e. The summed E-state index contributed by atoms with van der Waals surface area (Å²) in [6.45, 7) is 6.64. The van der Waals surface area contributed by atoms with Crippen LogP contribution in [0.4, 0.5) is 0 Å². The summed E-state index contributed by atoms with van der Waals surface area (Å²) in [6, 6.07) is 0.235. The number of carbonyl (C=O) groups is 1. The number of aromatic nitrogens is 1. The van der Waals surface area contributed by atoms with Gasteiger partial charge in [-0.05, 0) is 46.5 Å². The van der Waals surface area contributed by atoms with E-state index < -0.39 is 0 Å². The molecule has 0 aromatic carbocycles. The van der Waals surface area contributed by atoms with Gasteiger partial charge in [0.15, 0.2) is 0 Å². The number of halogens is 1. The Bertz CT molecular complexity index is 454. The summed E-state index contributed by atoms with van der Waals surface area (Å²) >= 11 is 0. The summed E-state index contributed by atoms with van der Waals surface area (Å²) < 4.78 is 5.14. The van der Waals surface area contributed by atoms with Gasteiger partial charge in [-0.15, -0.1) is 12.4 Å². The highest BCUT2D eigenvalue weighted by atomic mass is 35.5. The van der Waals surface area contributed by atoms with E-state index in [2.05, 4.69) is 5.16 Å². The van der Waals surface area contributed by atoms with E-state index in [1.807, 2.05) is 25.7 Å². The van der Waals surface area contributed by atoms with Crippen molar-refractivity contribution in [2.45, 2.75) is 65.0 Å². The fourth-order valence-electron chi connectivity index (χ4n) is 3.05. The quantitative estimate of drug-likeness (QED) is 0.926. The van der Waals surface area contributed by atoms with Gasteiger partial charge in [-0.2, -0.15) is 0 Å². The topological polar surface area (TPSA) is 72.4 Å². The zero-order chi connectivity index (χ0) is 14.7. The second kappa shape index (κ2) is 7.80. The molecule has 2 N–H and O–H groups in total. The molecule has 21 heavy (non-hydrogen) atoms. The minimum absolute atomic E-state index is 0. The van der Waals surface area contributed by atoms with Crippen LogP contribution >= 0.6 is 12.4 Å². The monoisotopic (exact) mass is 315 g/mol. The lowest BCUT2D eigenvalue weighted by molar-refractivity contribution is -0.135. The van der Waals surface area contributed by atoms with Crippen molar-refractivity contribution in [3.8, 4) is 0 Å². The molecule has 0 radical (unpaired) electrons. The number of amides is 1. The van der Waals surface area contributed by atoms with Crippen molar-refractivity contribution in [1.82, 2.24) is 10.1 Å². The van der Waals surface area contributed by atoms with Crippen LogP contribution in [0.2, 0.25) is 0 Å². The van der Waals surface area contributed by atoms with Gasteiger partial charge < -0.3 is 15.2 Å². The highest BCUT2D eigenvalue weighted by molar-refractivity contribution is 5.85. The van der Waals surface area contributed by atoms with E-state index in [-0.39, 0.29) is 30.4 Å². The predicted molar refractivity (Wildman–Crippen MR) is 84.5 cm³/mol. The predicted octanol–water partition coefficient (Wildman–Crippen LogP) is 2.37. The number of nitrogens with two attached hydrogens (primary N) is 1. The highest BCUT2D eigenvalue weighted by Crippen LogP contribution is 2.21. The zero-order valence-corrected chi connectivity index (χ0v) is 13.9. The molecule has 0 aliphatic carbocycles. The number of carbonyl (C=O) groups excluding carboxylic acids is 1. The van der Waals surface area contributed by atoms with E-state index >= 15 is 0 Å². The molecular formula is C15H26ClN3O2. The van der Waals surface area contributed by atoms with Crippen molar-refractivity contribution < 1.29 is 9.32 Å². The third-order valence-corrected chi connectivity index (χ3v) is 4.25. The summed E-state index contributed by atoms with van der Waals surface area (Å²) in [5.41, 5.74) is 7.96. The molecule has 1 amide bonds. The van der Waals surface area contributed by atoms with E-state index in [4.69, 9.17) is 10.3 Å². The van der Waals surface area contributed by atoms with Crippen LogP contribution in [0.1, 0.15) is 49.6 Å². The Balaban J connectivity index is 0.00000220. The minimum Gasteiger partial charge on any atom is -0.361 e. The summed E-state index contributed by atoms with van der Waals surface area (Å²) in [6.07, 6.45) is 4.48. The summed E-state index contributed by atoms with van der Waals surface area (Å²) in [5, 5.41) is 3.93. The fraction of sp³-hybridized carbons (Fsp3) is 0.733. The summed E-state index contributed by atoms with van der Waals surface area (Å²) in [7, 11) is 0. The van der Waals surface area contributed by atoms with Crippen LogP contribution in [0.5, 0.6) is 0 Å². The average Bonchev–Trinajstić information content (AvgIpc) is 2.75. The molecule has 1 fully saturated rings. The molecule has 6 heteroatoms. The molecule has 1 saturated heterocycles. The van der Waals surface area contributed by atoms with E-state index in [9.17, 15) is 4.79 Å². The molecule has 1 aliphatic heterocycles. The third-order valence-electron chi connectivity index (χ3n) is 4.25. The second-order valence-corrected chi connectivity index (χ2v) is 5.81. The number of hydrogen-bond acceptors (Lipinski definition) is 4. The van der Waals surface area contributed by atoms with E-state index in [0.29, 0.717) is 12.8 Å². The van der Waals surface area contributed by atoms with Crippen LogP contribution in [-0.4, -0.2) is 34.6 Å². The zero-order valence-electron chi connectivity index (χ0n) is 13.1. The highest BCUT2D eigenvalue weighted by Gasteiger charge is 2.29. The van der Waals surface area contributed by atoms with Crippen LogP contribution in [-0.2, 0) is 11.2 Å². The average molecular weight is 316 g/mol.